The SMILES string of the molecule is c1ccc(-c2nc(-c3ccccc3)nc(-c3cccc(-c4cnc(-c5ccc6oc7ncccc7c6n5)c5ccccc45)c3)n2)cc1. The molecule has 0 saturated heterocycles. The predicted molar refractivity (Wildman–Crippen MR) is 185 cm³/mol. The number of rotatable bonds is 5. The standard InChI is InChI=1S/C40H24N6O/c1-3-11-25(12-4-1)37-44-38(26-13-5-2-6-14-26)46-39(45-37)28-16-9-15-27(23-28)32-24-42-35(30-18-8-7-17-29(30)32)33-20-21-34-36(43-33)31-19-10-22-41-40(31)47-34/h1-24H. The average molecular weight is 605 g/mol. The van der Waals surface area contributed by atoms with Crippen LogP contribution in [-0.4, -0.2) is 29.9 Å². The molecule has 9 aromatic rings. The Morgan fingerprint density at radius 2 is 1.06 bits per heavy atom. The summed E-state index contributed by atoms with van der Waals surface area (Å²) in [6.07, 6.45) is 3.65. The lowest BCUT2D eigenvalue weighted by Gasteiger charge is -2.12. The molecule has 0 spiro atoms. The summed E-state index contributed by atoms with van der Waals surface area (Å²) >= 11 is 0. The Hall–Kier alpha value is -6.60. The normalized spacial score (nSPS) is 11.4. The fraction of sp³-hybridized carbons (Fsp3) is 0. The molecule has 0 unspecified atom stereocenters. The van der Waals surface area contributed by atoms with Gasteiger partial charge >= 0.3 is 0 Å². The van der Waals surface area contributed by atoms with Crippen molar-refractivity contribution in [1.29, 1.82) is 0 Å². The van der Waals surface area contributed by atoms with E-state index >= 15 is 0 Å². The minimum absolute atomic E-state index is 0.574. The van der Waals surface area contributed by atoms with Gasteiger partial charge in [0.1, 0.15) is 5.52 Å². The van der Waals surface area contributed by atoms with Crippen molar-refractivity contribution in [3.8, 4) is 56.7 Å². The molecule has 7 heteroatoms. The summed E-state index contributed by atoms with van der Waals surface area (Å²) < 4.78 is 5.91. The summed E-state index contributed by atoms with van der Waals surface area (Å²) in [5.41, 5.74) is 8.39. The van der Waals surface area contributed by atoms with Crippen LogP contribution in [0.3, 0.4) is 0 Å². The van der Waals surface area contributed by atoms with Crippen LogP contribution in [0.25, 0.3) is 89.7 Å². The fourth-order valence-electron chi connectivity index (χ4n) is 6.00. The van der Waals surface area contributed by atoms with E-state index in [0.717, 1.165) is 60.9 Å². The summed E-state index contributed by atoms with van der Waals surface area (Å²) in [6, 6.07) is 44.4. The molecule has 0 radical (unpaired) electrons. The van der Waals surface area contributed by atoms with Gasteiger partial charge in [-0.1, -0.05) is 103 Å². The number of fused-ring (bicyclic) bond motifs is 4. The van der Waals surface area contributed by atoms with Gasteiger partial charge in [0.15, 0.2) is 23.1 Å². The lowest BCUT2D eigenvalue weighted by Crippen LogP contribution is -2.00. The van der Waals surface area contributed by atoms with E-state index in [0.29, 0.717) is 28.8 Å². The van der Waals surface area contributed by atoms with Crippen molar-refractivity contribution >= 4 is 33.0 Å². The van der Waals surface area contributed by atoms with Gasteiger partial charge in [0.05, 0.1) is 16.8 Å². The van der Waals surface area contributed by atoms with E-state index in [1.54, 1.807) is 6.20 Å². The highest BCUT2D eigenvalue weighted by Crippen LogP contribution is 2.36. The third kappa shape index (κ3) is 4.78. The van der Waals surface area contributed by atoms with Gasteiger partial charge in [-0.25, -0.2) is 24.9 Å². The van der Waals surface area contributed by atoms with E-state index in [2.05, 4.69) is 35.3 Å². The number of aromatic nitrogens is 6. The smallest absolute Gasteiger partial charge is 0.228 e. The van der Waals surface area contributed by atoms with Gasteiger partial charge in [0, 0.05) is 40.0 Å². The maximum atomic E-state index is 5.91. The molecule has 7 nitrogen and oxygen atoms in total. The molecular formula is C40H24N6O. The number of hydrogen-bond acceptors (Lipinski definition) is 7. The van der Waals surface area contributed by atoms with Gasteiger partial charge in [0.25, 0.3) is 0 Å². The zero-order valence-electron chi connectivity index (χ0n) is 24.9. The van der Waals surface area contributed by atoms with E-state index in [1.807, 2.05) is 109 Å². The number of furan rings is 1. The molecule has 0 aliphatic heterocycles. The van der Waals surface area contributed by atoms with Gasteiger partial charge < -0.3 is 4.42 Å². The van der Waals surface area contributed by atoms with Crippen molar-refractivity contribution < 1.29 is 4.42 Å². The molecule has 220 valence electrons. The molecule has 0 aliphatic carbocycles. The van der Waals surface area contributed by atoms with Gasteiger partial charge in [-0.15, -0.1) is 0 Å². The monoisotopic (exact) mass is 604 g/mol. The number of benzene rings is 4. The van der Waals surface area contributed by atoms with Crippen LogP contribution in [0.1, 0.15) is 0 Å². The van der Waals surface area contributed by atoms with E-state index in [4.69, 9.17) is 29.3 Å². The second-order valence-corrected chi connectivity index (χ2v) is 11.2. The van der Waals surface area contributed by atoms with Crippen LogP contribution >= 0.6 is 0 Å². The van der Waals surface area contributed by atoms with Crippen molar-refractivity contribution in [1.82, 2.24) is 29.9 Å². The summed E-state index contributed by atoms with van der Waals surface area (Å²) in [4.78, 5) is 29.0. The fourth-order valence-corrected chi connectivity index (χ4v) is 6.00. The van der Waals surface area contributed by atoms with Gasteiger partial charge in [-0.2, -0.15) is 0 Å². The minimum atomic E-state index is 0.574. The molecule has 47 heavy (non-hydrogen) atoms. The molecule has 5 aromatic heterocycles. The molecule has 5 heterocycles. The van der Waals surface area contributed by atoms with Crippen LogP contribution in [0.4, 0.5) is 0 Å². The zero-order chi connectivity index (χ0) is 31.2. The Balaban J connectivity index is 1.17. The summed E-state index contributed by atoms with van der Waals surface area (Å²) in [5, 5.41) is 2.96. The van der Waals surface area contributed by atoms with Crippen molar-refractivity contribution in [3.63, 3.8) is 0 Å². The van der Waals surface area contributed by atoms with Crippen LogP contribution in [0.2, 0.25) is 0 Å². The highest BCUT2D eigenvalue weighted by molar-refractivity contribution is 6.05. The summed E-state index contributed by atoms with van der Waals surface area (Å²) in [7, 11) is 0. The molecule has 0 bridgehead atoms. The molecule has 0 atom stereocenters. The first-order valence-electron chi connectivity index (χ1n) is 15.3. The molecule has 0 N–H and O–H groups in total. The van der Waals surface area contributed by atoms with Gasteiger partial charge in [0.2, 0.25) is 5.71 Å². The first-order chi connectivity index (χ1) is 23.3. The predicted octanol–water partition coefficient (Wildman–Crippen LogP) is 9.44. The first-order valence-corrected chi connectivity index (χ1v) is 15.3. The van der Waals surface area contributed by atoms with E-state index < -0.39 is 0 Å². The lowest BCUT2D eigenvalue weighted by atomic mass is 9.97. The van der Waals surface area contributed by atoms with Crippen molar-refractivity contribution in [2.75, 3.05) is 0 Å². The van der Waals surface area contributed by atoms with E-state index in [1.165, 1.54) is 0 Å². The maximum Gasteiger partial charge on any atom is 0.228 e. The second-order valence-electron chi connectivity index (χ2n) is 11.2. The van der Waals surface area contributed by atoms with Crippen molar-refractivity contribution in [2.24, 2.45) is 0 Å². The van der Waals surface area contributed by atoms with Gasteiger partial charge in [-0.3, -0.25) is 4.98 Å². The summed E-state index contributed by atoms with van der Waals surface area (Å²) in [5.74, 6) is 1.86. The Labute approximate surface area is 269 Å². The Morgan fingerprint density at radius 1 is 0.447 bits per heavy atom. The summed E-state index contributed by atoms with van der Waals surface area (Å²) in [6.45, 7) is 0. The molecule has 9 rings (SSSR count). The Bertz CT molecular complexity index is 2520. The van der Waals surface area contributed by atoms with E-state index in [-0.39, 0.29) is 0 Å². The molecule has 0 saturated carbocycles. The molecule has 4 aromatic carbocycles. The topological polar surface area (TPSA) is 90.5 Å². The third-order valence-electron chi connectivity index (χ3n) is 8.26. The van der Waals surface area contributed by atoms with Crippen LogP contribution < -0.4 is 0 Å². The molecule has 0 aliphatic rings. The zero-order valence-corrected chi connectivity index (χ0v) is 24.9. The highest BCUT2D eigenvalue weighted by atomic mass is 16.3. The number of pyridine rings is 3. The Morgan fingerprint density at radius 3 is 1.81 bits per heavy atom. The number of nitrogens with zero attached hydrogens (tertiary/aromatic N) is 6. The molecule has 0 amide bonds. The van der Waals surface area contributed by atoms with Crippen LogP contribution in [-0.2, 0) is 0 Å². The lowest BCUT2D eigenvalue weighted by molar-refractivity contribution is 0.653. The van der Waals surface area contributed by atoms with Gasteiger partial charge in [-0.05, 0) is 41.3 Å². The average Bonchev–Trinajstić information content (AvgIpc) is 3.53. The van der Waals surface area contributed by atoms with Crippen LogP contribution in [0.5, 0.6) is 0 Å². The number of hydrogen-bond donors (Lipinski definition) is 0. The van der Waals surface area contributed by atoms with Crippen molar-refractivity contribution in [3.05, 3.63) is 146 Å². The quantitative estimate of drug-likeness (QED) is 0.193. The maximum absolute atomic E-state index is 5.91. The largest absolute Gasteiger partial charge is 0.436 e. The third-order valence-corrected chi connectivity index (χ3v) is 8.26. The second kappa shape index (κ2) is 11.1. The molecular weight excluding hydrogens is 580 g/mol. The Kier molecular flexibility index (Phi) is 6.31. The first kappa shape index (κ1) is 26.8. The van der Waals surface area contributed by atoms with Crippen LogP contribution in [0.15, 0.2) is 150 Å². The molecule has 0 fully saturated rings. The highest BCUT2D eigenvalue weighted by Gasteiger charge is 2.17. The van der Waals surface area contributed by atoms with Crippen molar-refractivity contribution in [2.45, 2.75) is 0 Å². The minimum Gasteiger partial charge on any atom is -0.436 e. The van der Waals surface area contributed by atoms with Crippen LogP contribution in [0, 0.1) is 0 Å². The van der Waals surface area contributed by atoms with E-state index in [9.17, 15) is 0 Å².